The molecule has 0 saturated carbocycles. The largest absolute Gasteiger partial charge is 0.300 e. The Morgan fingerprint density at radius 3 is 2.00 bits per heavy atom. The van der Waals surface area contributed by atoms with Crippen molar-refractivity contribution in [3.63, 3.8) is 0 Å². The Morgan fingerprint density at radius 2 is 1.39 bits per heavy atom. The highest BCUT2D eigenvalue weighted by Crippen LogP contribution is 2.11. The quantitative estimate of drug-likeness (QED) is 0.297. The average molecular weight is 252 g/mol. The molecule has 0 aliphatic heterocycles. The third-order valence-corrected chi connectivity index (χ3v) is 3.37. The van der Waals surface area contributed by atoms with E-state index in [1.807, 2.05) is 6.92 Å². The molecule has 18 heavy (non-hydrogen) atoms. The maximum absolute atomic E-state index is 11.6. The van der Waals surface area contributed by atoms with Crippen LogP contribution in [0.2, 0.25) is 0 Å². The van der Waals surface area contributed by atoms with Crippen LogP contribution in [0.1, 0.15) is 90.9 Å². The van der Waals surface area contributed by atoms with Gasteiger partial charge >= 0.3 is 0 Å². The predicted molar refractivity (Wildman–Crippen MR) is 80.9 cm³/mol. The normalized spacial score (nSPS) is 11.2. The van der Waals surface area contributed by atoms with E-state index in [-0.39, 0.29) is 0 Å². The van der Waals surface area contributed by atoms with Gasteiger partial charge in [-0.25, -0.2) is 0 Å². The lowest BCUT2D eigenvalue weighted by Gasteiger charge is -2.01. The topological polar surface area (TPSA) is 17.1 Å². The minimum atomic E-state index is 0.463. The Labute approximate surface area is 114 Å². The number of unbranched alkanes of at least 4 members (excludes halogenated alkanes) is 8. The molecule has 0 bridgehead atoms. The van der Waals surface area contributed by atoms with Crippen molar-refractivity contribution in [2.75, 3.05) is 0 Å². The van der Waals surface area contributed by atoms with Crippen molar-refractivity contribution in [2.24, 2.45) is 0 Å². The third-order valence-electron chi connectivity index (χ3n) is 3.37. The molecule has 0 rings (SSSR count). The van der Waals surface area contributed by atoms with Crippen molar-refractivity contribution in [3.05, 3.63) is 12.2 Å². The lowest BCUT2D eigenvalue weighted by molar-refractivity contribution is -0.119. The average Bonchev–Trinajstić information content (AvgIpc) is 2.38. The summed E-state index contributed by atoms with van der Waals surface area (Å²) in [6, 6.07) is 0. The highest BCUT2D eigenvalue weighted by molar-refractivity contribution is 5.78. The second-order valence-corrected chi connectivity index (χ2v) is 5.22. The molecule has 0 N–H and O–H groups in total. The fourth-order valence-electron chi connectivity index (χ4n) is 2.16. The molecule has 0 aliphatic rings. The second-order valence-electron chi connectivity index (χ2n) is 5.22. The first-order valence-electron chi connectivity index (χ1n) is 7.94. The van der Waals surface area contributed by atoms with Gasteiger partial charge < -0.3 is 0 Å². The summed E-state index contributed by atoms with van der Waals surface area (Å²) < 4.78 is 0. The Hall–Kier alpha value is -0.590. The highest BCUT2D eigenvalue weighted by atomic mass is 16.1. The molecule has 0 amide bonds. The van der Waals surface area contributed by atoms with E-state index >= 15 is 0 Å². The van der Waals surface area contributed by atoms with E-state index in [4.69, 9.17) is 0 Å². The first-order valence-corrected chi connectivity index (χ1v) is 7.94. The van der Waals surface area contributed by atoms with Crippen LogP contribution in [0.25, 0.3) is 0 Å². The summed E-state index contributed by atoms with van der Waals surface area (Å²) in [5.41, 5.74) is 0. The Balaban J connectivity index is 3.15. The zero-order valence-corrected chi connectivity index (χ0v) is 12.5. The summed E-state index contributed by atoms with van der Waals surface area (Å²) in [5.74, 6) is 0.463. The van der Waals surface area contributed by atoms with Crippen molar-refractivity contribution in [2.45, 2.75) is 90.9 Å². The molecule has 0 unspecified atom stereocenters. The summed E-state index contributed by atoms with van der Waals surface area (Å²) in [6.07, 6.45) is 18.4. The van der Waals surface area contributed by atoms with Crippen molar-refractivity contribution >= 4 is 5.78 Å². The summed E-state index contributed by atoms with van der Waals surface area (Å²) in [6.45, 7) is 4.28. The van der Waals surface area contributed by atoms with E-state index in [2.05, 4.69) is 19.1 Å². The van der Waals surface area contributed by atoms with Crippen LogP contribution >= 0.6 is 0 Å². The van der Waals surface area contributed by atoms with Gasteiger partial charge in [0.1, 0.15) is 5.78 Å². The van der Waals surface area contributed by atoms with Crippen LogP contribution in [-0.4, -0.2) is 5.78 Å². The van der Waals surface area contributed by atoms with E-state index in [0.717, 1.165) is 32.1 Å². The first-order chi connectivity index (χ1) is 8.81. The first kappa shape index (κ1) is 17.4. The molecule has 0 heterocycles. The fraction of sp³-hybridized carbons (Fsp3) is 0.824. The number of carbonyl (C=O) groups excluding carboxylic acids is 1. The smallest absolute Gasteiger partial charge is 0.132 e. The molecule has 0 radical (unpaired) electrons. The third kappa shape index (κ3) is 13.5. The molecule has 0 aliphatic carbocycles. The highest BCUT2D eigenvalue weighted by Gasteiger charge is 2.00. The molecule has 1 heteroatoms. The molecule has 0 fully saturated rings. The van der Waals surface area contributed by atoms with Gasteiger partial charge in [-0.15, -0.1) is 0 Å². The Bertz CT molecular complexity index is 206. The molecule has 0 aromatic heterocycles. The van der Waals surface area contributed by atoms with E-state index < -0.39 is 0 Å². The van der Waals surface area contributed by atoms with Crippen LogP contribution in [0.5, 0.6) is 0 Å². The molecular weight excluding hydrogens is 220 g/mol. The van der Waals surface area contributed by atoms with Gasteiger partial charge in [-0.2, -0.15) is 0 Å². The van der Waals surface area contributed by atoms with Crippen molar-refractivity contribution < 1.29 is 4.79 Å². The summed E-state index contributed by atoms with van der Waals surface area (Å²) in [7, 11) is 0. The summed E-state index contributed by atoms with van der Waals surface area (Å²) in [4.78, 5) is 11.6. The zero-order chi connectivity index (χ0) is 13.5. The molecule has 106 valence electrons. The van der Waals surface area contributed by atoms with Crippen LogP contribution in [0.3, 0.4) is 0 Å². The minimum absolute atomic E-state index is 0.463. The van der Waals surface area contributed by atoms with E-state index in [0.29, 0.717) is 5.78 Å². The number of rotatable bonds is 13. The van der Waals surface area contributed by atoms with Gasteiger partial charge in [-0.1, -0.05) is 64.0 Å². The van der Waals surface area contributed by atoms with Crippen LogP contribution in [-0.2, 0) is 4.79 Å². The van der Waals surface area contributed by atoms with Crippen LogP contribution in [0.15, 0.2) is 12.2 Å². The molecule has 0 atom stereocenters. The summed E-state index contributed by atoms with van der Waals surface area (Å²) >= 11 is 0. The van der Waals surface area contributed by atoms with Crippen LogP contribution < -0.4 is 0 Å². The molecule has 1 nitrogen and oxygen atoms in total. The van der Waals surface area contributed by atoms with E-state index in [1.54, 1.807) is 0 Å². The molecule has 0 aromatic carbocycles. The predicted octanol–water partition coefficient (Wildman–Crippen LogP) is 5.83. The Kier molecular flexibility index (Phi) is 14.0. The van der Waals surface area contributed by atoms with Crippen molar-refractivity contribution in [1.29, 1.82) is 0 Å². The number of carbonyl (C=O) groups is 1. The maximum atomic E-state index is 11.6. The number of hydrogen-bond donors (Lipinski definition) is 0. The van der Waals surface area contributed by atoms with Gasteiger partial charge in [-0.05, 0) is 26.2 Å². The monoisotopic (exact) mass is 252 g/mol. The van der Waals surface area contributed by atoms with Crippen molar-refractivity contribution in [3.8, 4) is 0 Å². The lowest BCUT2D eigenvalue weighted by Crippen LogP contribution is -1.97. The van der Waals surface area contributed by atoms with Gasteiger partial charge in [0.2, 0.25) is 0 Å². The maximum Gasteiger partial charge on any atom is 0.132 e. The van der Waals surface area contributed by atoms with Crippen molar-refractivity contribution in [1.82, 2.24) is 0 Å². The van der Waals surface area contributed by atoms with E-state index in [1.165, 1.54) is 44.9 Å². The lowest BCUT2D eigenvalue weighted by atomic mass is 10.0. The van der Waals surface area contributed by atoms with Crippen LogP contribution in [0, 0.1) is 0 Å². The van der Waals surface area contributed by atoms with Gasteiger partial charge in [-0.3, -0.25) is 4.79 Å². The van der Waals surface area contributed by atoms with E-state index in [9.17, 15) is 4.79 Å². The SMILES string of the molecule is C/C=C/CCCC(=O)CCCCCCCCCC. The second kappa shape index (κ2) is 14.5. The fourth-order valence-corrected chi connectivity index (χ4v) is 2.16. The van der Waals surface area contributed by atoms with Crippen LogP contribution in [0.4, 0.5) is 0 Å². The number of ketones is 1. The molecule has 0 spiro atoms. The number of Topliss-reactive ketones (excluding diaryl/α,β-unsaturated/α-hetero) is 1. The standard InChI is InChI=1S/C17H32O/c1-3-5-7-9-10-11-12-14-16-17(18)15-13-8-6-4-2/h4,6H,3,5,7-16H2,1-2H3/b6-4+. The van der Waals surface area contributed by atoms with Gasteiger partial charge in [0, 0.05) is 12.8 Å². The summed E-state index contributed by atoms with van der Waals surface area (Å²) in [5, 5.41) is 0. The zero-order valence-electron chi connectivity index (χ0n) is 12.5. The minimum Gasteiger partial charge on any atom is -0.300 e. The Morgan fingerprint density at radius 1 is 0.833 bits per heavy atom. The van der Waals surface area contributed by atoms with Gasteiger partial charge in [0.15, 0.2) is 0 Å². The number of allylic oxidation sites excluding steroid dienone is 2. The molecular formula is C17H32O. The van der Waals surface area contributed by atoms with Gasteiger partial charge in [0.25, 0.3) is 0 Å². The molecule has 0 saturated heterocycles. The number of hydrogen-bond acceptors (Lipinski definition) is 1. The molecule has 0 aromatic rings. The van der Waals surface area contributed by atoms with Gasteiger partial charge in [0.05, 0.1) is 0 Å².